The molecular weight excluding hydrogens is 242 g/mol. The number of hydrogen-bond donors (Lipinski definition) is 1. The second-order valence-electron chi connectivity index (χ2n) is 5.72. The second kappa shape index (κ2) is 6.58. The van der Waals surface area contributed by atoms with Crippen molar-refractivity contribution in [2.45, 2.75) is 51.5 Å². The first-order valence-electron chi connectivity index (χ1n) is 7.19. The van der Waals surface area contributed by atoms with Gasteiger partial charge in [0.15, 0.2) is 0 Å². The van der Waals surface area contributed by atoms with E-state index in [0.717, 1.165) is 17.4 Å². The second-order valence-corrected chi connectivity index (χ2v) is 6.16. The highest BCUT2D eigenvalue weighted by atomic mass is 35.5. The molecule has 1 fully saturated rings. The summed E-state index contributed by atoms with van der Waals surface area (Å²) in [5.74, 6) is 1.54. The summed E-state index contributed by atoms with van der Waals surface area (Å²) in [4.78, 5) is 0. The SMILES string of the molecule is CCCC1CCC(N)C(Cc2ccc(Cl)cc2)C1. The maximum Gasteiger partial charge on any atom is 0.0406 e. The predicted molar refractivity (Wildman–Crippen MR) is 78.9 cm³/mol. The van der Waals surface area contributed by atoms with Crippen LogP contribution in [-0.2, 0) is 6.42 Å². The molecule has 2 N–H and O–H groups in total. The van der Waals surface area contributed by atoms with Crippen LogP contribution >= 0.6 is 11.6 Å². The lowest BCUT2D eigenvalue weighted by atomic mass is 9.74. The highest BCUT2D eigenvalue weighted by Gasteiger charge is 2.27. The zero-order chi connectivity index (χ0) is 13.0. The maximum absolute atomic E-state index is 6.29. The van der Waals surface area contributed by atoms with Gasteiger partial charge in [-0.25, -0.2) is 0 Å². The first kappa shape index (κ1) is 13.9. The summed E-state index contributed by atoms with van der Waals surface area (Å²) in [6.45, 7) is 2.28. The van der Waals surface area contributed by atoms with Gasteiger partial charge >= 0.3 is 0 Å². The van der Waals surface area contributed by atoms with E-state index in [4.69, 9.17) is 17.3 Å². The summed E-state index contributed by atoms with van der Waals surface area (Å²) < 4.78 is 0. The Balaban J connectivity index is 1.95. The van der Waals surface area contributed by atoms with Crippen LogP contribution < -0.4 is 5.73 Å². The molecule has 2 heteroatoms. The van der Waals surface area contributed by atoms with Crippen molar-refractivity contribution >= 4 is 11.6 Å². The third kappa shape index (κ3) is 3.73. The third-order valence-electron chi connectivity index (χ3n) is 4.26. The summed E-state index contributed by atoms with van der Waals surface area (Å²) in [5.41, 5.74) is 7.66. The molecule has 1 aromatic carbocycles. The van der Waals surface area contributed by atoms with Gasteiger partial charge in [-0.15, -0.1) is 0 Å². The fourth-order valence-electron chi connectivity index (χ4n) is 3.21. The van der Waals surface area contributed by atoms with Crippen molar-refractivity contribution in [1.29, 1.82) is 0 Å². The number of benzene rings is 1. The van der Waals surface area contributed by atoms with Crippen molar-refractivity contribution in [1.82, 2.24) is 0 Å². The third-order valence-corrected chi connectivity index (χ3v) is 4.51. The monoisotopic (exact) mass is 265 g/mol. The molecule has 0 amide bonds. The Morgan fingerprint density at radius 1 is 1.22 bits per heavy atom. The van der Waals surface area contributed by atoms with Crippen LogP contribution in [0, 0.1) is 11.8 Å². The minimum atomic E-state index is 0.383. The van der Waals surface area contributed by atoms with Crippen LogP contribution in [0.4, 0.5) is 0 Å². The van der Waals surface area contributed by atoms with Crippen molar-refractivity contribution in [2.24, 2.45) is 17.6 Å². The van der Waals surface area contributed by atoms with E-state index in [1.807, 2.05) is 12.1 Å². The molecule has 3 atom stereocenters. The van der Waals surface area contributed by atoms with E-state index in [0.29, 0.717) is 12.0 Å². The molecule has 0 aliphatic heterocycles. The number of hydrogen-bond acceptors (Lipinski definition) is 1. The van der Waals surface area contributed by atoms with Gasteiger partial charge in [-0.3, -0.25) is 0 Å². The summed E-state index contributed by atoms with van der Waals surface area (Å²) >= 11 is 5.92. The Hall–Kier alpha value is -0.530. The Morgan fingerprint density at radius 2 is 1.94 bits per heavy atom. The number of halogens is 1. The summed E-state index contributed by atoms with van der Waals surface area (Å²) in [7, 11) is 0. The van der Waals surface area contributed by atoms with Crippen LogP contribution in [0.2, 0.25) is 5.02 Å². The van der Waals surface area contributed by atoms with E-state index >= 15 is 0 Å². The van der Waals surface area contributed by atoms with Gasteiger partial charge in [0.05, 0.1) is 0 Å². The molecule has 2 rings (SSSR count). The van der Waals surface area contributed by atoms with E-state index in [1.54, 1.807) is 0 Å². The van der Waals surface area contributed by atoms with Crippen molar-refractivity contribution in [3.05, 3.63) is 34.9 Å². The van der Waals surface area contributed by atoms with Crippen molar-refractivity contribution in [3.63, 3.8) is 0 Å². The summed E-state index contributed by atoms with van der Waals surface area (Å²) in [6.07, 6.45) is 7.60. The topological polar surface area (TPSA) is 26.0 Å². The zero-order valence-electron chi connectivity index (χ0n) is 11.2. The molecule has 18 heavy (non-hydrogen) atoms. The average molecular weight is 266 g/mol. The van der Waals surface area contributed by atoms with E-state index in [1.165, 1.54) is 37.7 Å². The van der Waals surface area contributed by atoms with Crippen LogP contribution in [0.3, 0.4) is 0 Å². The highest BCUT2D eigenvalue weighted by Crippen LogP contribution is 2.33. The van der Waals surface area contributed by atoms with Crippen LogP contribution in [0.15, 0.2) is 24.3 Å². The van der Waals surface area contributed by atoms with Gasteiger partial charge in [-0.05, 0) is 55.2 Å². The number of rotatable bonds is 4. The largest absolute Gasteiger partial charge is 0.327 e. The van der Waals surface area contributed by atoms with E-state index < -0.39 is 0 Å². The molecule has 0 radical (unpaired) electrons. The minimum absolute atomic E-state index is 0.383. The van der Waals surface area contributed by atoms with Gasteiger partial charge in [0, 0.05) is 11.1 Å². The molecule has 0 bridgehead atoms. The quantitative estimate of drug-likeness (QED) is 0.857. The fourth-order valence-corrected chi connectivity index (χ4v) is 3.34. The molecule has 3 unspecified atom stereocenters. The maximum atomic E-state index is 6.29. The molecule has 100 valence electrons. The molecule has 1 nitrogen and oxygen atoms in total. The molecule has 1 saturated carbocycles. The van der Waals surface area contributed by atoms with Crippen LogP contribution in [0.5, 0.6) is 0 Å². The smallest absolute Gasteiger partial charge is 0.0406 e. The first-order chi connectivity index (χ1) is 8.69. The fraction of sp³-hybridized carbons (Fsp3) is 0.625. The Bertz CT molecular complexity index is 360. The Morgan fingerprint density at radius 3 is 2.61 bits per heavy atom. The standard InChI is InChI=1S/C16H24ClN/c1-2-3-12-6-9-16(18)14(10-12)11-13-4-7-15(17)8-5-13/h4-5,7-8,12,14,16H,2-3,6,9-11,18H2,1H3. The molecule has 1 aromatic rings. The van der Waals surface area contributed by atoms with Crippen LogP contribution in [0.1, 0.15) is 44.6 Å². The lowest BCUT2D eigenvalue weighted by Crippen LogP contribution is -2.37. The zero-order valence-corrected chi connectivity index (χ0v) is 12.0. The van der Waals surface area contributed by atoms with Crippen molar-refractivity contribution < 1.29 is 0 Å². The van der Waals surface area contributed by atoms with E-state index in [9.17, 15) is 0 Å². The van der Waals surface area contributed by atoms with Crippen LogP contribution in [-0.4, -0.2) is 6.04 Å². The van der Waals surface area contributed by atoms with Crippen LogP contribution in [0.25, 0.3) is 0 Å². The van der Waals surface area contributed by atoms with Gasteiger partial charge in [-0.1, -0.05) is 43.5 Å². The van der Waals surface area contributed by atoms with Gasteiger partial charge in [-0.2, -0.15) is 0 Å². The molecular formula is C16H24ClN. The molecule has 1 aliphatic rings. The van der Waals surface area contributed by atoms with Gasteiger partial charge in [0.25, 0.3) is 0 Å². The summed E-state index contributed by atoms with van der Waals surface area (Å²) in [5, 5.41) is 0.815. The average Bonchev–Trinajstić information content (AvgIpc) is 2.36. The van der Waals surface area contributed by atoms with Gasteiger partial charge in [0.1, 0.15) is 0 Å². The molecule has 0 spiro atoms. The minimum Gasteiger partial charge on any atom is -0.327 e. The molecule has 0 saturated heterocycles. The molecule has 0 heterocycles. The van der Waals surface area contributed by atoms with Crippen molar-refractivity contribution in [3.8, 4) is 0 Å². The highest BCUT2D eigenvalue weighted by molar-refractivity contribution is 6.30. The van der Waals surface area contributed by atoms with Gasteiger partial charge < -0.3 is 5.73 Å². The number of nitrogens with two attached hydrogens (primary N) is 1. The van der Waals surface area contributed by atoms with E-state index in [-0.39, 0.29) is 0 Å². The normalized spacial score (nSPS) is 28.3. The first-order valence-corrected chi connectivity index (χ1v) is 7.57. The van der Waals surface area contributed by atoms with E-state index in [2.05, 4.69) is 19.1 Å². The lowest BCUT2D eigenvalue weighted by Gasteiger charge is -2.34. The van der Waals surface area contributed by atoms with Gasteiger partial charge in [0.2, 0.25) is 0 Å². The predicted octanol–water partition coefficient (Wildman–Crippen LogP) is 4.43. The summed E-state index contributed by atoms with van der Waals surface area (Å²) in [6, 6.07) is 8.62. The molecule has 1 aliphatic carbocycles. The lowest BCUT2D eigenvalue weighted by molar-refractivity contribution is 0.221. The van der Waals surface area contributed by atoms with Crippen molar-refractivity contribution in [2.75, 3.05) is 0 Å². The Labute approximate surface area is 116 Å². The molecule has 0 aromatic heterocycles. The Kier molecular flexibility index (Phi) is 5.08.